The highest BCUT2D eigenvalue weighted by molar-refractivity contribution is 6.31. The van der Waals surface area contributed by atoms with Gasteiger partial charge < -0.3 is 4.74 Å². The first-order valence-corrected chi connectivity index (χ1v) is 5.89. The third-order valence-electron chi connectivity index (χ3n) is 2.63. The Labute approximate surface area is 106 Å². The van der Waals surface area contributed by atoms with Gasteiger partial charge in [-0.1, -0.05) is 17.7 Å². The van der Waals surface area contributed by atoms with Crippen LogP contribution in [0.1, 0.15) is 25.3 Å². The number of ether oxygens (including phenoxy) is 1. The molecule has 0 aliphatic rings. The van der Waals surface area contributed by atoms with E-state index in [1.807, 2.05) is 6.92 Å². The molecule has 17 heavy (non-hydrogen) atoms. The smallest absolute Gasteiger partial charge is 0.137 e. The molecule has 1 unspecified atom stereocenters. The lowest BCUT2D eigenvalue weighted by atomic mass is 10.0. The summed E-state index contributed by atoms with van der Waals surface area (Å²) in [5.74, 6) is -0.304. The van der Waals surface area contributed by atoms with E-state index in [-0.39, 0.29) is 24.1 Å². The zero-order chi connectivity index (χ0) is 12.8. The number of methoxy groups -OCH3 is 1. The van der Waals surface area contributed by atoms with E-state index in [2.05, 4.69) is 0 Å². The second-order valence-electron chi connectivity index (χ2n) is 4.04. The fraction of sp³-hybridized carbons (Fsp3) is 0.462. The molecule has 4 heteroatoms. The number of carbonyl (C=O) groups is 1. The van der Waals surface area contributed by atoms with Crippen LogP contribution in [0.4, 0.5) is 4.39 Å². The number of halogens is 2. The third kappa shape index (κ3) is 4.84. The first-order chi connectivity index (χ1) is 8.02. The minimum absolute atomic E-state index is 0.0719. The zero-order valence-electron chi connectivity index (χ0n) is 10.0. The molecule has 0 bridgehead atoms. The van der Waals surface area contributed by atoms with Crippen molar-refractivity contribution in [2.24, 2.45) is 0 Å². The van der Waals surface area contributed by atoms with Crippen molar-refractivity contribution in [2.75, 3.05) is 7.11 Å². The maximum absolute atomic E-state index is 12.8. The molecule has 1 aromatic rings. The minimum Gasteiger partial charge on any atom is -0.382 e. The van der Waals surface area contributed by atoms with Crippen molar-refractivity contribution in [2.45, 2.75) is 32.3 Å². The second kappa shape index (κ2) is 6.72. The predicted molar refractivity (Wildman–Crippen MR) is 65.8 cm³/mol. The van der Waals surface area contributed by atoms with Crippen molar-refractivity contribution in [3.05, 3.63) is 34.6 Å². The lowest BCUT2D eigenvalue weighted by Crippen LogP contribution is -2.10. The Morgan fingerprint density at radius 2 is 2.24 bits per heavy atom. The van der Waals surface area contributed by atoms with Crippen LogP contribution in [0.15, 0.2) is 18.2 Å². The van der Waals surface area contributed by atoms with E-state index < -0.39 is 0 Å². The molecule has 0 N–H and O–H groups in total. The summed E-state index contributed by atoms with van der Waals surface area (Å²) in [6, 6.07) is 4.09. The van der Waals surface area contributed by atoms with Crippen LogP contribution in [0, 0.1) is 5.82 Å². The van der Waals surface area contributed by atoms with Gasteiger partial charge in [-0.25, -0.2) is 4.39 Å². The monoisotopic (exact) mass is 258 g/mol. The predicted octanol–water partition coefficient (Wildman–Crippen LogP) is 3.41. The molecule has 1 rings (SSSR count). The van der Waals surface area contributed by atoms with Gasteiger partial charge in [-0.2, -0.15) is 0 Å². The van der Waals surface area contributed by atoms with Gasteiger partial charge in [0.25, 0.3) is 0 Å². The largest absolute Gasteiger partial charge is 0.382 e. The Morgan fingerprint density at radius 1 is 1.53 bits per heavy atom. The normalized spacial score (nSPS) is 12.5. The van der Waals surface area contributed by atoms with Crippen molar-refractivity contribution in [1.29, 1.82) is 0 Å². The van der Waals surface area contributed by atoms with Gasteiger partial charge in [0.2, 0.25) is 0 Å². The molecule has 0 aliphatic heterocycles. The molecule has 94 valence electrons. The molecule has 0 spiro atoms. The van der Waals surface area contributed by atoms with Gasteiger partial charge >= 0.3 is 0 Å². The topological polar surface area (TPSA) is 26.3 Å². The molecule has 2 nitrogen and oxygen atoms in total. The molecular formula is C13H16ClFO2. The summed E-state index contributed by atoms with van der Waals surface area (Å²) in [7, 11) is 1.62. The number of benzene rings is 1. The van der Waals surface area contributed by atoms with Crippen molar-refractivity contribution >= 4 is 17.4 Å². The van der Waals surface area contributed by atoms with Crippen molar-refractivity contribution in [1.82, 2.24) is 0 Å². The summed E-state index contributed by atoms with van der Waals surface area (Å²) < 4.78 is 17.9. The standard InChI is InChI=1S/C13H16ClFO2/c1-9(17-2)3-6-12(16)7-10-4-5-11(15)8-13(10)14/h4-5,8-9H,3,6-7H2,1-2H3. The fourth-order valence-electron chi connectivity index (χ4n) is 1.45. The second-order valence-corrected chi connectivity index (χ2v) is 4.44. The lowest BCUT2D eigenvalue weighted by Gasteiger charge is -2.08. The molecule has 0 aliphatic carbocycles. The van der Waals surface area contributed by atoms with E-state index in [4.69, 9.17) is 16.3 Å². The number of ketones is 1. The van der Waals surface area contributed by atoms with Gasteiger partial charge in [-0.05, 0) is 31.0 Å². The molecular weight excluding hydrogens is 243 g/mol. The molecule has 0 saturated carbocycles. The highest BCUT2D eigenvalue weighted by Gasteiger charge is 2.09. The highest BCUT2D eigenvalue weighted by atomic mass is 35.5. The molecule has 0 heterocycles. The first-order valence-electron chi connectivity index (χ1n) is 5.51. The van der Waals surface area contributed by atoms with Crippen molar-refractivity contribution < 1.29 is 13.9 Å². The maximum atomic E-state index is 12.8. The van der Waals surface area contributed by atoms with E-state index in [9.17, 15) is 9.18 Å². The van der Waals surface area contributed by atoms with Gasteiger partial charge in [0.1, 0.15) is 11.6 Å². The van der Waals surface area contributed by atoms with Crippen LogP contribution in [0.2, 0.25) is 5.02 Å². The third-order valence-corrected chi connectivity index (χ3v) is 2.99. The zero-order valence-corrected chi connectivity index (χ0v) is 10.8. The Hall–Kier alpha value is -0.930. The van der Waals surface area contributed by atoms with Gasteiger partial charge in [-0.15, -0.1) is 0 Å². The molecule has 0 saturated heterocycles. The Kier molecular flexibility index (Phi) is 5.59. The SMILES string of the molecule is COC(C)CCC(=O)Cc1ccc(F)cc1Cl. The molecule has 0 amide bonds. The number of rotatable bonds is 6. The number of hydrogen-bond donors (Lipinski definition) is 0. The highest BCUT2D eigenvalue weighted by Crippen LogP contribution is 2.18. The van der Waals surface area contributed by atoms with E-state index in [1.165, 1.54) is 12.1 Å². The van der Waals surface area contributed by atoms with Gasteiger partial charge in [0, 0.05) is 25.0 Å². The Bertz CT molecular complexity index is 393. The van der Waals surface area contributed by atoms with Crippen molar-refractivity contribution in [3.8, 4) is 0 Å². The maximum Gasteiger partial charge on any atom is 0.137 e. The van der Waals surface area contributed by atoms with E-state index in [1.54, 1.807) is 13.2 Å². The molecule has 0 aromatic heterocycles. The van der Waals surface area contributed by atoms with Crippen LogP contribution in [0.25, 0.3) is 0 Å². The van der Waals surface area contributed by atoms with Crippen molar-refractivity contribution in [3.63, 3.8) is 0 Å². The van der Waals surface area contributed by atoms with Crippen LogP contribution in [-0.4, -0.2) is 19.0 Å². The molecule has 1 atom stereocenters. The van der Waals surface area contributed by atoms with E-state index >= 15 is 0 Å². The Morgan fingerprint density at radius 3 is 2.82 bits per heavy atom. The summed E-state index contributed by atoms with van der Waals surface area (Å²) in [6.07, 6.45) is 1.45. The van der Waals surface area contributed by atoms with Crippen LogP contribution in [0.5, 0.6) is 0 Å². The van der Waals surface area contributed by atoms with Gasteiger partial charge in [-0.3, -0.25) is 4.79 Å². The fourth-order valence-corrected chi connectivity index (χ4v) is 1.68. The first kappa shape index (κ1) is 14.1. The van der Waals surface area contributed by atoms with Crippen LogP contribution in [0.3, 0.4) is 0 Å². The molecule has 0 fully saturated rings. The quantitative estimate of drug-likeness (QED) is 0.782. The minimum atomic E-state index is -0.390. The van der Waals surface area contributed by atoms with Gasteiger partial charge in [0.15, 0.2) is 0 Å². The molecule has 1 aromatic carbocycles. The summed E-state index contributed by atoms with van der Waals surface area (Å²) >= 11 is 5.85. The summed E-state index contributed by atoms with van der Waals surface area (Å²) in [5, 5.41) is 0.304. The average Bonchev–Trinajstić information content (AvgIpc) is 2.29. The summed E-state index contributed by atoms with van der Waals surface area (Å²) in [5.41, 5.74) is 0.670. The summed E-state index contributed by atoms with van der Waals surface area (Å²) in [4.78, 5) is 11.7. The van der Waals surface area contributed by atoms with Gasteiger partial charge in [0.05, 0.1) is 6.10 Å². The summed E-state index contributed by atoms with van der Waals surface area (Å²) in [6.45, 7) is 1.91. The van der Waals surface area contributed by atoms with Crippen LogP contribution in [-0.2, 0) is 16.0 Å². The number of hydrogen-bond acceptors (Lipinski definition) is 2. The molecule has 0 radical (unpaired) electrons. The number of Topliss-reactive ketones (excluding diaryl/α,β-unsaturated/α-hetero) is 1. The lowest BCUT2D eigenvalue weighted by molar-refractivity contribution is -0.119. The van der Waals surface area contributed by atoms with Crippen LogP contribution >= 0.6 is 11.6 Å². The average molecular weight is 259 g/mol. The van der Waals surface area contributed by atoms with E-state index in [0.29, 0.717) is 23.4 Å². The van der Waals surface area contributed by atoms with Crippen LogP contribution < -0.4 is 0 Å². The Balaban J connectivity index is 2.50. The number of carbonyl (C=O) groups excluding carboxylic acids is 1. The van der Waals surface area contributed by atoms with E-state index in [0.717, 1.165) is 0 Å².